The lowest BCUT2D eigenvalue weighted by Gasteiger charge is -2.22. The molecule has 3 rings (SSSR count). The maximum atomic E-state index is 12.3. The number of thioether (sulfide) groups is 1. The van der Waals surface area contributed by atoms with E-state index in [1.54, 1.807) is 24.0 Å². The number of aromatic nitrogens is 2. The summed E-state index contributed by atoms with van der Waals surface area (Å²) < 4.78 is 0.844. The molecular weight excluding hydrogens is 366 g/mol. The van der Waals surface area contributed by atoms with Crippen LogP contribution in [-0.2, 0) is 10.5 Å². The third-order valence-electron chi connectivity index (χ3n) is 3.87. The molecule has 0 N–H and O–H groups in total. The number of pyridine rings is 1. The predicted octanol–water partition coefficient (Wildman–Crippen LogP) is 4.37. The molecule has 0 fully saturated rings. The molecule has 0 saturated heterocycles. The van der Waals surface area contributed by atoms with E-state index in [0.717, 1.165) is 27.2 Å². The Morgan fingerprint density at radius 3 is 2.62 bits per heavy atom. The van der Waals surface area contributed by atoms with Gasteiger partial charge in [-0.3, -0.25) is 9.69 Å². The van der Waals surface area contributed by atoms with Gasteiger partial charge in [0.1, 0.15) is 0 Å². The number of benzene rings is 1. The molecule has 0 aliphatic rings. The van der Waals surface area contributed by atoms with E-state index < -0.39 is 0 Å². The van der Waals surface area contributed by atoms with Gasteiger partial charge in [0.25, 0.3) is 5.03 Å². The molecule has 0 aliphatic carbocycles. The Kier molecular flexibility index (Phi) is 5.58. The Balaban J connectivity index is 1.85. The zero-order chi connectivity index (χ0) is 18.7. The first-order valence-corrected chi connectivity index (χ1v) is 9.96. The Labute approximate surface area is 160 Å². The fourth-order valence-corrected chi connectivity index (χ4v) is 4.47. The summed E-state index contributed by atoms with van der Waals surface area (Å²) in [5.41, 5.74) is 3.79. The molecule has 0 bridgehead atoms. The van der Waals surface area contributed by atoms with Crippen molar-refractivity contribution in [2.24, 2.45) is 0 Å². The van der Waals surface area contributed by atoms with Crippen molar-refractivity contribution in [2.45, 2.75) is 31.6 Å². The van der Waals surface area contributed by atoms with Crippen molar-refractivity contribution in [1.29, 1.82) is 0 Å². The molecule has 0 atom stereocenters. The Morgan fingerprint density at radius 1 is 1.23 bits per heavy atom. The van der Waals surface area contributed by atoms with E-state index in [-0.39, 0.29) is 5.91 Å². The first-order chi connectivity index (χ1) is 12.5. The van der Waals surface area contributed by atoms with E-state index in [1.807, 2.05) is 43.5 Å². The van der Waals surface area contributed by atoms with Crippen LogP contribution in [0, 0.1) is 19.1 Å². The van der Waals surface area contributed by atoms with Gasteiger partial charge in [-0.25, -0.2) is 4.98 Å². The van der Waals surface area contributed by atoms with Crippen LogP contribution in [0.25, 0.3) is 0 Å². The molecule has 1 aromatic carbocycles. The lowest BCUT2D eigenvalue weighted by Crippen LogP contribution is -2.27. The summed E-state index contributed by atoms with van der Waals surface area (Å²) in [4.78, 5) is 18.6. The number of para-hydroxylation sites is 1. The van der Waals surface area contributed by atoms with Crippen LogP contribution in [0.15, 0.2) is 53.0 Å². The summed E-state index contributed by atoms with van der Waals surface area (Å²) in [7, 11) is 0. The number of hydrogen-bond donors (Lipinski definition) is 0. The summed E-state index contributed by atoms with van der Waals surface area (Å²) in [6.45, 7) is 5.53. The van der Waals surface area contributed by atoms with Gasteiger partial charge in [0.15, 0.2) is 11.3 Å². The van der Waals surface area contributed by atoms with Gasteiger partial charge in [0.2, 0.25) is 5.91 Å². The van der Waals surface area contributed by atoms with Crippen LogP contribution in [-0.4, -0.2) is 10.9 Å². The normalized spacial score (nSPS) is 10.7. The lowest BCUT2D eigenvalue weighted by molar-refractivity contribution is -0.645. The Morgan fingerprint density at radius 2 is 1.96 bits per heavy atom. The summed E-state index contributed by atoms with van der Waals surface area (Å²) >= 11 is 2.86. The van der Waals surface area contributed by atoms with E-state index in [0.29, 0.717) is 15.9 Å². The highest BCUT2D eigenvalue weighted by Gasteiger charge is 2.21. The van der Waals surface area contributed by atoms with Crippen molar-refractivity contribution in [2.75, 3.05) is 4.90 Å². The molecular formula is C19H19N3O2S2. The molecule has 0 saturated carbocycles. The van der Waals surface area contributed by atoms with E-state index in [4.69, 9.17) is 0 Å². The second-order valence-corrected chi connectivity index (χ2v) is 7.70. The van der Waals surface area contributed by atoms with Crippen LogP contribution in [0.2, 0.25) is 0 Å². The van der Waals surface area contributed by atoms with Gasteiger partial charge in [-0.05, 0) is 42.8 Å². The highest BCUT2D eigenvalue weighted by atomic mass is 32.2. The minimum Gasteiger partial charge on any atom is -0.618 e. The number of thiazole rings is 1. The van der Waals surface area contributed by atoms with Crippen LogP contribution in [0.4, 0.5) is 10.8 Å². The number of anilines is 2. The standard InChI is InChI=1S/C19H19N3O2S2/c1-13-7-6-8-14(2)18(13)22(15(3)23)19-20-16(12-26-19)11-25-17-9-4-5-10-21(17)24/h4-10,12H,11H2,1-3H3. The zero-order valence-electron chi connectivity index (χ0n) is 14.8. The smallest absolute Gasteiger partial charge is 0.251 e. The molecule has 0 radical (unpaired) electrons. The number of nitrogens with zero attached hydrogens (tertiary/aromatic N) is 3. The third kappa shape index (κ3) is 3.89. The van der Waals surface area contributed by atoms with Crippen molar-refractivity contribution in [3.8, 4) is 0 Å². The van der Waals surface area contributed by atoms with Crippen molar-refractivity contribution in [1.82, 2.24) is 4.98 Å². The molecule has 0 aliphatic heterocycles. The number of carbonyl (C=O) groups excluding carboxylic acids is 1. The largest absolute Gasteiger partial charge is 0.618 e. The minimum atomic E-state index is -0.0728. The first kappa shape index (κ1) is 18.4. The van der Waals surface area contributed by atoms with Crippen molar-refractivity contribution in [3.05, 3.63) is 70.0 Å². The summed E-state index contributed by atoms with van der Waals surface area (Å²) in [5, 5.41) is 14.9. The van der Waals surface area contributed by atoms with Gasteiger partial charge in [-0.15, -0.1) is 11.3 Å². The number of hydrogen-bond acceptors (Lipinski definition) is 5. The summed E-state index contributed by atoms with van der Waals surface area (Å²) in [6, 6.07) is 11.3. The molecule has 5 nitrogen and oxygen atoms in total. The molecule has 2 heterocycles. The van der Waals surface area contributed by atoms with E-state index in [1.165, 1.54) is 29.3 Å². The molecule has 26 heavy (non-hydrogen) atoms. The minimum absolute atomic E-state index is 0.0728. The van der Waals surface area contributed by atoms with Crippen molar-refractivity contribution >= 4 is 39.8 Å². The average molecular weight is 386 g/mol. The SMILES string of the molecule is CC(=O)N(c1nc(CSc2cccc[n+]2[O-])cs1)c1c(C)cccc1C. The lowest BCUT2D eigenvalue weighted by atomic mass is 10.1. The third-order valence-corrected chi connectivity index (χ3v) is 5.79. The molecule has 2 aromatic heterocycles. The van der Waals surface area contributed by atoms with Gasteiger partial charge in [-0.1, -0.05) is 18.2 Å². The van der Waals surface area contributed by atoms with Gasteiger partial charge in [-0.2, -0.15) is 4.73 Å². The Hall–Kier alpha value is -2.38. The highest BCUT2D eigenvalue weighted by molar-refractivity contribution is 7.98. The average Bonchev–Trinajstić information content (AvgIpc) is 3.05. The van der Waals surface area contributed by atoms with Crippen LogP contribution < -0.4 is 9.63 Å². The predicted molar refractivity (Wildman–Crippen MR) is 106 cm³/mol. The second-order valence-electron chi connectivity index (χ2n) is 5.87. The van der Waals surface area contributed by atoms with Crippen LogP contribution >= 0.6 is 23.1 Å². The summed E-state index contributed by atoms with van der Waals surface area (Å²) in [5.74, 6) is 0.498. The van der Waals surface area contributed by atoms with Crippen molar-refractivity contribution in [3.63, 3.8) is 0 Å². The van der Waals surface area contributed by atoms with Gasteiger partial charge < -0.3 is 5.21 Å². The quantitative estimate of drug-likeness (QED) is 0.372. The van der Waals surface area contributed by atoms with E-state index in [9.17, 15) is 10.0 Å². The molecule has 134 valence electrons. The molecule has 7 heteroatoms. The van der Waals surface area contributed by atoms with Gasteiger partial charge in [0.05, 0.1) is 11.4 Å². The van der Waals surface area contributed by atoms with Crippen molar-refractivity contribution < 1.29 is 9.52 Å². The fraction of sp³-hybridized carbons (Fsp3) is 0.211. The number of amides is 1. The van der Waals surface area contributed by atoms with Gasteiger partial charge >= 0.3 is 0 Å². The monoisotopic (exact) mass is 385 g/mol. The topological polar surface area (TPSA) is 60.1 Å². The highest BCUT2D eigenvalue weighted by Crippen LogP contribution is 2.34. The molecule has 0 spiro atoms. The second kappa shape index (κ2) is 7.88. The van der Waals surface area contributed by atoms with Gasteiger partial charge in [0, 0.05) is 30.2 Å². The maximum Gasteiger partial charge on any atom is 0.251 e. The van der Waals surface area contributed by atoms with Crippen LogP contribution in [0.3, 0.4) is 0 Å². The Bertz CT molecular complexity index is 920. The maximum absolute atomic E-state index is 12.3. The fourth-order valence-electron chi connectivity index (χ4n) is 2.68. The number of rotatable bonds is 5. The first-order valence-electron chi connectivity index (χ1n) is 8.09. The van der Waals surface area contributed by atoms with Crippen LogP contribution in [0.1, 0.15) is 23.7 Å². The molecule has 0 unspecified atom stereocenters. The van der Waals surface area contributed by atoms with E-state index in [2.05, 4.69) is 4.98 Å². The zero-order valence-corrected chi connectivity index (χ0v) is 16.4. The molecule has 3 aromatic rings. The summed E-state index contributed by atoms with van der Waals surface area (Å²) in [6.07, 6.45) is 1.48. The number of aryl methyl sites for hydroxylation is 2. The van der Waals surface area contributed by atoms with Crippen LogP contribution in [0.5, 0.6) is 0 Å². The molecule has 1 amide bonds. The van der Waals surface area contributed by atoms with E-state index >= 15 is 0 Å². The number of carbonyl (C=O) groups is 1.